The Morgan fingerprint density at radius 3 is 2.72 bits per heavy atom. The molecule has 0 saturated carbocycles. The fraction of sp³-hybridized carbons (Fsp3) is 0.231. The van der Waals surface area contributed by atoms with Gasteiger partial charge >= 0.3 is 5.97 Å². The molecule has 5 nitrogen and oxygen atoms in total. The Balaban J connectivity index is 2.40. The van der Waals surface area contributed by atoms with Crippen LogP contribution in [0.15, 0.2) is 24.3 Å². The summed E-state index contributed by atoms with van der Waals surface area (Å²) in [5.74, 6) is -1.44. The largest absolute Gasteiger partial charge is 0.480 e. The van der Waals surface area contributed by atoms with Crippen LogP contribution in [0.4, 0.5) is 0 Å². The Labute approximate surface area is 104 Å². The molecule has 0 fully saturated rings. The van der Waals surface area contributed by atoms with Gasteiger partial charge in [-0.25, -0.2) is 0 Å². The number of aliphatic carboxylic acids is 1. The first-order valence-corrected chi connectivity index (χ1v) is 5.55. The monoisotopic (exact) mass is 246 g/mol. The maximum atomic E-state index is 11.9. The van der Waals surface area contributed by atoms with Gasteiger partial charge in [-0.15, -0.1) is 0 Å². The van der Waals surface area contributed by atoms with Crippen LogP contribution in [0.25, 0.3) is 10.9 Å². The van der Waals surface area contributed by atoms with Crippen LogP contribution < -0.4 is 5.32 Å². The second-order valence-electron chi connectivity index (χ2n) is 4.17. The molecule has 5 heteroatoms. The summed E-state index contributed by atoms with van der Waals surface area (Å²) in [6.07, 6.45) is 0. The topological polar surface area (TPSA) is 71.3 Å². The van der Waals surface area contributed by atoms with Crippen molar-refractivity contribution in [3.05, 3.63) is 35.5 Å². The third-order valence-corrected chi connectivity index (χ3v) is 2.94. The predicted octanol–water partition coefficient (Wildman–Crippen LogP) is 1.30. The number of nitrogens with zero attached hydrogens (tertiary/aromatic N) is 1. The molecule has 1 aromatic heterocycles. The number of carboxylic acid groups (broad SMARTS) is 1. The number of aromatic nitrogens is 1. The standard InChI is InChI=1S/C13H14N2O3/c1-8-4-3-5-10-9(8)6-11(15(10)2)13(18)14-7-12(16)17/h3-6H,7H2,1-2H3,(H,14,18)(H,16,17). The molecule has 0 bridgehead atoms. The van der Waals surface area contributed by atoms with Crippen LogP contribution in [-0.4, -0.2) is 28.1 Å². The molecule has 0 aliphatic heterocycles. The Morgan fingerprint density at radius 1 is 1.39 bits per heavy atom. The lowest BCUT2D eigenvalue weighted by molar-refractivity contribution is -0.135. The highest BCUT2D eigenvalue weighted by Gasteiger charge is 2.14. The summed E-state index contributed by atoms with van der Waals surface area (Å²) in [4.78, 5) is 22.3. The highest BCUT2D eigenvalue weighted by Crippen LogP contribution is 2.21. The molecule has 0 saturated heterocycles. The maximum Gasteiger partial charge on any atom is 0.322 e. The van der Waals surface area contributed by atoms with Gasteiger partial charge in [-0.05, 0) is 24.6 Å². The van der Waals surface area contributed by atoms with Gasteiger partial charge in [-0.1, -0.05) is 12.1 Å². The average Bonchev–Trinajstić information content (AvgIpc) is 2.66. The Kier molecular flexibility index (Phi) is 3.06. The van der Waals surface area contributed by atoms with Crippen molar-refractivity contribution in [1.29, 1.82) is 0 Å². The number of carbonyl (C=O) groups excluding carboxylic acids is 1. The summed E-state index contributed by atoms with van der Waals surface area (Å²) in [5.41, 5.74) is 2.50. The molecule has 1 aromatic carbocycles. The Morgan fingerprint density at radius 2 is 2.11 bits per heavy atom. The molecule has 94 valence electrons. The van der Waals surface area contributed by atoms with E-state index in [-0.39, 0.29) is 12.5 Å². The number of aryl methyl sites for hydroxylation is 2. The average molecular weight is 246 g/mol. The van der Waals surface area contributed by atoms with Gasteiger partial charge in [0, 0.05) is 18.0 Å². The fourth-order valence-corrected chi connectivity index (χ4v) is 1.97. The van der Waals surface area contributed by atoms with Crippen molar-refractivity contribution in [2.24, 2.45) is 7.05 Å². The summed E-state index contributed by atoms with van der Waals surface area (Å²) < 4.78 is 1.76. The summed E-state index contributed by atoms with van der Waals surface area (Å²) >= 11 is 0. The minimum atomic E-state index is -1.06. The summed E-state index contributed by atoms with van der Waals surface area (Å²) in [5, 5.41) is 11.9. The Hall–Kier alpha value is -2.30. The number of amides is 1. The minimum absolute atomic E-state index is 0.376. The van der Waals surface area contributed by atoms with Crippen molar-refractivity contribution in [3.8, 4) is 0 Å². The van der Waals surface area contributed by atoms with Gasteiger partial charge in [0.2, 0.25) is 0 Å². The third-order valence-electron chi connectivity index (χ3n) is 2.94. The normalized spacial score (nSPS) is 10.6. The second kappa shape index (κ2) is 4.52. The molecule has 2 rings (SSSR count). The van der Waals surface area contributed by atoms with Crippen LogP contribution in [0, 0.1) is 6.92 Å². The predicted molar refractivity (Wildman–Crippen MR) is 67.6 cm³/mol. The number of fused-ring (bicyclic) bond motifs is 1. The molecular formula is C13H14N2O3. The number of hydrogen-bond acceptors (Lipinski definition) is 2. The quantitative estimate of drug-likeness (QED) is 0.857. The van der Waals surface area contributed by atoms with E-state index in [1.165, 1.54) is 0 Å². The molecule has 2 N–H and O–H groups in total. The first-order valence-electron chi connectivity index (χ1n) is 5.55. The number of rotatable bonds is 3. The maximum absolute atomic E-state index is 11.9. The molecule has 0 aliphatic rings. The van der Waals surface area contributed by atoms with E-state index in [1.54, 1.807) is 17.7 Å². The van der Waals surface area contributed by atoms with Crippen molar-refractivity contribution in [2.75, 3.05) is 6.54 Å². The zero-order chi connectivity index (χ0) is 13.3. The van der Waals surface area contributed by atoms with Gasteiger partial charge in [0.25, 0.3) is 5.91 Å². The molecule has 0 aliphatic carbocycles. The fourth-order valence-electron chi connectivity index (χ4n) is 1.97. The van der Waals surface area contributed by atoms with Crippen molar-refractivity contribution in [1.82, 2.24) is 9.88 Å². The Bertz CT molecular complexity index is 628. The van der Waals surface area contributed by atoms with Crippen molar-refractivity contribution >= 4 is 22.8 Å². The van der Waals surface area contributed by atoms with Crippen LogP contribution >= 0.6 is 0 Å². The van der Waals surface area contributed by atoms with Gasteiger partial charge in [0.15, 0.2) is 0 Å². The number of carboxylic acids is 1. The van der Waals surface area contributed by atoms with E-state index in [1.807, 2.05) is 25.1 Å². The SMILES string of the molecule is Cc1cccc2c1cc(C(=O)NCC(=O)O)n2C. The number of carbonyl (C=O) groups is 2. The highest BCUT2D eigenvalue weighted by atomic mass is 16.4. The smallest absolute Gasteiger partial charge is 0.322 e. The van der Waals surface area contributed by atoms with E-state index in [0.29, 0.717) is 5.69 Å². The van der Waals surface area contributed by atoms with Gasteiger partial charge in [0.05, 0.1) is 0 Å². The first kappa shape index (κ1) is 12.2. The lowest BCUT2D eigenvalue weighted by Crippen LogP contribution is -2.30. The number of nitrogens with one attached hydrogen (secondary N) is 1. The number of benzene rings is 1. The van der Waals surface area contributed by atoms with Crippen LogP contribution in [0.2, 0.25) is 0 Å². The molecule has 1 amide bonds. The molecular weight excluding hydrogens is 232 g/mol. The molecule has 2 aromatic rings. The van der Waals surface area contributed by atoms with Crippen molar-refractivity contribution < 1.29 is 14.7 Å². The molecule has 0 radical (unpaired) electrons. The highest BCUT2D eigenvalue weighted by molar-refractivity contribution is 6.00. The molecule has 1 heterocycles. The van der Waals surface area contributed by atoms with Crippen LogP contribution in [-0.2, 0) is 11.8 Å². The summed E-state index contributed by atoms with van der Waals surface area (Å²) in [6, 6.07) is 7.61. The van der Waals surface area contributed by atoms with Gasteiger partial charge in [-0.2, -0.15) is 0 Å². The van der Waals surface area contributed by atoms with Gasteiger partial charge < -0.3 is 15.0 Å². The molecule has 18 heavy (non-hydrogen) atoms. The van der Waals surface area contributed by atoms with E-state index in [0.717, 1.165) is 16.5 Å². The first-order chi connectivity index (χ1) is 8.50. The number of hydrogen-bond donors (Lipinski definition) is 2. The van der Waals surface area contributed by atoms with Gasteiger partial charge in [0.1, 0.15) is 12.2 Å². The summed E-state index contributed by atoms with van der Waals surface area (Å²) in [7, 11) is 1.79. The van der Waals surface area contributed by atoms with Crippen LogP contribution in [0.5, 0.6) is 0 Å². The molecule has 0 atom stereocenters. The van der Waals surface area contributed by atoms with E-state index < -0.39 is 5.97 Å². The summed E-state index contributed by atoms with van der Waals surface area (Å²) in [6.45, 7) is 1.60. The van der Waals surface area contributed by atoms with E-state index in [9.17, 15) is 9.59 Å². The van der Waals surface area contributed by atoms with Crippen LogP contribution in [0.1, 0.15) is 16.1 Å². The van der Waals surface area contributed by atoms with Crippen molar-refractivity contribution in [3.63, 3.8) is 0 Å². The van der Waals surface area contributed by atoms with Crippen molar-refractivity contribution in [2.45, 2.75) is 6.92 Å². The van der Waals surface area contributed by atoms with E-state index >= 15 is 0 Å². The lowest BCUT2D eigenvalue weighted by Gasteiger charge is -2.04. The minimum Gasteiger partial charge on any atom is -0.480 e. The lowest BCUT2D eigenvalue weighted by atomic mass is 10.1. The molecule has 0 spiro atoms. The third kappa shape index (κ3) is 2.07. The zero-order valence-corrected chi connectivity index (χ0v) is 10.2. The van der Waals surface area contributed by atoms with E-state index in [2.05, 4.69) is 5.32 Å². The second-order valence-corrected chi connectivity index (χ2v) is 4.17. The molecule has 0 unspecified atom stereocenters. The zero-order valence-electron chi connectivity index (χ0n) is 10.2. The van der Waals surface area contributed by atoms with Crippen LogP contribution in [0.3, 0.4) is 0 Å². The van der Waals surface area contributed by atoms with E-state index in [4.69, 9.17) is 5.11 Å². The van der Waals surface area contributed by atoms with Gasteiger partial charge in [-0.3, -0.25) is 9.59 Å².